The molecule has 0 saturated carbocycles. The number of ether oxygens (including phenoxy) is 2. The number of benzene rings is 2. The second-order valence-corrected chi connectivity index (χ2v) is 9.87. The topological polar surface area (TPSA) is 67.9 Å². The van der Waals surface area contributed by atoms with E-state index in [4.69, 9.17) is 9.47 Å². The van der Waals surface area contributed by atoms with E-state index in [1.165, 1.54) is 12.1 Å². The molecule has 6 nitrogen and oxygen atoms in total. The van der Waals surface area contributed by atoms with Gasteiger partial charge in [-0.2, -0.15) is 13.2 Å². The summed E-state index contributed by atoms with van der Waals surface area (Å²) in [6.07, 6.45) is -7.27. The first-order chi connectivity index (χ1) is 17.5. The number of nitrogens with one attached hydrogen (secondary N) is 1. The van der Waals surface area contributed by atoms with E-state index in [-0.39, 0.29) is 31.1 Å². The van der Waals surface area contributed by atoms with Gasteiger partial charge in [0.1, 0.15) is 36.7 Å². The molecular formula is C27H30F4N2O4. The van der Waals surface area contributed by atoms with Crippen molar-refractivity contribution in [2.75, 3.05) is 20.3 Å². The lowest BCUT2D eigenvalue weighted by molar-refractivity contribution is -0.163. The number of fused-ring (bicyclic) bond motifs is 1. The normalized spacial score (nSPS) is 23.3. The average molecular weight is 523 g/mol. The van der Waals surface area contributed by atoms with Gasteiger partial charge in [0, 0.05) is 0 Å². The van der Waals surface area contributed by atoms with Gasteiger partial charge in [-0.3, -0.25) is 14.9 Å². The number of alkyl halides is 4. The van der Waals surface area contributed by atoms with Crippen LogP contribution in [-0.4, -0.2) is 67.4 Å². The van der Waals surface area contributed by atoms with Crippen LogP contribution in [0.25, 0.3) is 11.1 Å². The molecule has 2 saturated heterocycles. The van der Waals surface area contributed by atoms with Gasteiger partial charge in [-0.1, -0.05) is 50.2 Å². The third kappa shape index (κ3) is 5.80. The van der Waals surface area contributed by atoms with Crippen molar-refractivity contribution in [3.05, 3.63) is 54.1 Å². The number of nitrogens with zero attached hydrogens (tertiary/aromatic N) is 1. The summed E-state index contributed by atoms with van der Waals surface area (Å²) in [7, 11) is 1.54. The standard InChI is InChI=1S/C27H30F4N2O4/c1-15(2)12-21(26(35)33-13-20(28)24-23(33)22(34)14-37-24)32-25(27(29,30)31)18-6-4-16(5-7-18)17-8-10-19(36-3)11-9-17/h4-11,15,20-21,23-25,32H,12-14H2,1-3H3/t20-,21?,23?,24?,25?/m0/s1. The van der Waals surface area contributed by atoms with Gasteiger partial charge in [-0.25, -0.2) is 4.39 Å². The zero-order valence-electron chi connectivity index (χ0n) is 20.8. The summed E-state index contributed by atoms with van der Waals surface area (Å²) in [5.41, 5.74) is 1.47. The molecule has 4 unspecified atom stereocenters. The van der Waals surface area contributed by atoms with Crippen LogP contribution in [0.3, 0.4) is 0 Å². The van der Waals surface area contributed by atoms with Gasteiger partial charge in [-0.15, -0.1) is 0 Å². The Kier molecular flexibility index (Phi) is 7.89. The second kappa shape index (κ2) is 10.8. The van der Waals surface area contributed by atoms with Gasteiger partial charge in [0.25, 0.3) is 0 Å². The number of rotatable bonds is 8. The van der Waals surface area contributed by atoms with Gasteiger partial charge in [-0.05, 0) is 41.2 Å². The highest BCUT2D eigenvalue weighted by Gasteiger charge is 2.54. The fraction of sp³-hybridized carbons (Fsp3) is 0.481. The number of ketones is 1. The summed E-state index contributed by atoms with van der Waals surface area (Å²) in [6, 6.07) is 8.54. The maximum absolute atomic E-state index is 14.4. The van der Waals surface area contributed by atoms with E-state index < -0.39 is 48.3 Å². The molecule has 2 aromatic rings. The number of hydrogen-bond acceptors (Lipinski definition) is 5. The third-order valence-electron chi connectivity index (χ3n) is 6.77. The van der Waals surface area contributed by atoms with E-state index in [0.717, 1.165) is 16.0 Å². The Morgan fingerprint density at radius 2 is 1.70 bits per heavy atom. The van der Waals surface area contributed by atoms with Crippen LogP contribution >= 0.6 is 0 Å². The predicted octanol–water partition coefficient (Wildman–Crippen LogP) is 4.49. The number of carbonyl (C=O) groups is 2. The Morgan fingerprint density at radius 3 is 2.24 bits per heavy atom. The molecule has 0 aliphatic carbocycles. The molecule has 0 spiro atoms. The molecule has 1 N–H and O–H groups in total. The van der Waals surface area contributed by atoms with Crippen LogP contribution in [-0.2, 0) is 14.3 Å². The molecule has 1 amide bonds. The van der Waals surface area contributed by atoms with Crippen molar-refractivity contribution >= 4 is 11.7 Å². The van der Waals surface area contributed by atoms with E-state index in [1.54, 1.807) is 57.4 Å². The lowest BCUT2D eigenvalue weighted by atomic mass is 9.97. The summed E-state index contributed by atoms with van der Waals surface area (Å²) in [5.74, 6) is -0.644. The van der Waals surface area contributed by atoms with Crippen molar-refractivity contribution in [1.29, 1.82) is 0 Å². The summed E-state index contributed by atoms with van der Waals surface area (Å²) >= 11 is 0. The van der Waals surface area contributed by atoms with Crippen LogP contribution in [0.4, 0.5) is 17.6 Å². The predicted molar refractivity (Wildman–Crippen MR) is 129 cm³/mol. The quantitative estimate of drug-likeness (QED) is 0.518. The van der Waals surface area contributed by atoms with Crippen molar-refractivity contribution in [2.45, 2.75) is 56.8 Å². The number of Topliss-reactive ketones (excluding diaryl/α,β-unsaturated/α-hetero) is 1. The molecule has 0 aromatic heterocycles. The molecule has 2 aliphatic heterocycles. The van der Waals surface area contributed by atoms with Gasteiger partial charge in [0.2, 0.25) is 5.91 Å². The van der Waals surface area contributed by atoms with Crippen molar-refractivity contribution in [3.8, 4) is 16.9 Å². The molecule has 200 valence electrons. The van der Waals surface area contributed by atoms with E-state index >= 15 is 0 Å². The number of amides is 1. The van der Waals surface area contributed by atoms with Crippen LogP contribution in [0.2, 0.25) is 0 Å². The summed E-state index contributed by atoms with van der Waals surface area (Å²) in [6.45, 7) is 2.86. The fourth-order valence-corrected chi connectivity index (χ4v) is 4.97. The second-order valence-electron chi connectivity index (χ2n) is 9.87. The minimum atomic E-state index is -4.71. The van der Waals surface area contributed by atoms with Crippen LogP contribution in [0.15, 0.2) is 48.5 Å². The van der Waals surface area contributed by atoms with Crippen LogP contribution < -0.4 is 10.1 Å². The molecule has 2 aliphatic rings. The summed E-state index contributed by atoms with van der Waals surface area (Å²) < 4.78 is 67.5. The van der Waals surface area contributed by atoms with Gasteiger partial charge in [0.15, 0.2) is 5.78 Å². The number of likely N-dealkylation sites (tertiary alicyclic amines) is 1. The fourth-order valence-electron chi connectivity index (χ4n) is 4.97. The van der Waals surface area contributed by atoms with E-state index in [0.29, 0.717) is 5.75 Å². The molecule has 0 radical (unpaired) electrons. The Bertz CT molecular complexity index is 1100. The van der Waals surface area contributed by atoms with Gasteiger partial charge in [0.05, 0.1) is 19.7 Å². The SMILES string of the molecule is COc1ccc(-c2ccc(C(NC(CC(C)C)C(=O)N3C[C@H](F)C4OCC(=O)C43)C(F)(F)F)cc2)cc1. The smallest absolute Gasteiger partial charge is 0.407 e. The molecule has 10 heteroatoms. The monoisotopic (exact) mass is 522 g/mol. The molecule has 5 atom stereocenters. The number of carbonyl (C=O) groups excluding carboxylic acids is 2. The Balaban J connectivity index is 1.58. The summed E-state index contributed by atoms with van der Waals surface area (Å²) in [5, 5.41) is 2.49. The van der Waals surface area contributed by atoms with E-state index in [1.807, 2.05) is 0 Å². The van der Waals surface area contributed by atoms with Crippen molar-refractivity contribution in [1.82, 2.24) is 10.2 Å². The Hall–Kier alpha value is -2.98. The van der Waals surface area contributed by atoms with Gasteiger partial charge >= 0.3 is 6.18 Å². The maximum Gasteiger partial charge on any atom is 0.407 e. The minimum Gasteiger partial charge on any atom is -0.497 e. The lowest BCUT2D eigenvalue weighted by Gasteiger charge is -2.32. The summed E-state index contributed by atoms with van der Waals surface area (Å²) in [4.78, 5) is 26.7. The zero-order valence-corrected chi connectivity index (χ0v) is 20.8. The molecule has 2 heterocycles. The molecular weight excluding hydrogens is 492 g/mol. The largest absolute Gasteiger partial charge is 0.497 e. The Labute approximate surface area is 212 Å². The van der Waals surface area contributed by atoms with Crippen LogP contribution in [0.1, 0.15) is 31.9 Å². The Morgan fingerprint density at radius 1 is 1.11 bits per heavy atom. The zero-order chi connectivity index (χ0) is 26.9. The molecule has 2 fully saturated rings. The van der Waals surface area contributed by atoms with Crippen molar-refractivity contribution in [2.24, 2.45) is 5.92 Å². The van der Waals surface area contributed by atoms with Gasteiger partial charge < -0.3 is 14.4 Å². The van der Waals surface area contributed by atoms with Crippen molar-refractivity contribution < 1.29 is 36.6 Å². The van der Waals surface area contributed by atoms with Crippen LogP contribution in [0, 0.1) is 5.92 Å². The lowest BCUT2D eigenvalue weighted by Crippen LogP contribution is -2.53. The number of halogens is 4. The highest BCUT2D eigenvalue weighted by Crippen LogP contribution is 2.36. The van der Waals surface area contributed by atoms with E-state index in [9.17, 15) is 27.2 Å². The number of hydrogen-bond donors (Lipinski definition) is 1. The average Bonchev–Trinajstić information content (AvgIpc) is 3.40. The molecule has 37 heavy (non-hydrogen) atoms. The highest BCUT2D eigenvalue weighted by atomic mass is 19.4. The maximum atomic E-state index is 14.4. The first kappa shape index (κ1) is 27.1. The molecule has 2 aromatic carbocycles. The number of methoxy groups -OCH3 is 1. The van der Waals surface area contributed by atoms with Crippen LogP contribution in [0.5, 0.6) is 5.75 Å². The molecule has 4 rings (SSSR count). The van der Waals surface area contributed by atoms with Crippen molar-refractivity contribution in [3.63, 3.8) is 0 Å². The third-order valence-corrected chi connectivity index (χ3v) is 6.77. The van der Waals surface area contributed by atoms with E-state index in [2.05, 4.69) is 5.32 Å². The minimum absolute atomic E-state index is 0.0609. The first-order valence-electron chi connectivity index (χ1n) is 12.2. The first-order valence-corrected chi connectivity index (χ1v) is 12.2. The molecule has 0 bridgehead atoms. The highest BCUT2D eigenvalue weighted by molar-refractivity contribution is 5.94.